The molecule has 0 aliphatic carbocycles. The molecule has 0 aliphatic heterocycles. The lowest BCUT2D eigenvalue weighted by Crippen LogP contribution is -2.08. The van der Waals surface area contributed by atoms with Crippen molar-refractivity contribution in [3.05, 3.63) is 50.3 Å². The zero-order valence-electron chi connectivity index (χ0n) is 11.2. The second-order valence-corrected chi connectivity index (χ2v) is 4.58. The van der Waals surface area contributed by atoms with Gasteiger partial charge in [0.1, 0.15) is 16.0 Å². The summed E-state index contributed by atoms with van der Waals surface area (Å²) in [5.74, 6) is -0.222. The maximum Gasteiger partial charge on any atom is 0.342 e. The van der Waals surface area contributed by atoms with Gasteiger partial charge >= 0.3 is 5.97 Å². The van der Waals surface area contributed by atoms with Crippen LogP contribution < -0.4 is 0 Å². The molecule has 1 N–H and O–H groups in total. The number of nitrogens with zero attached hydrogens (tertiary/aromatic N) is 2. The van der Waals surface area contributed by atoms with Crippen molar-refractivity contribution in [2.45, 2.75) is 6.92 Å². The number of aromatic nitrogens is 2. The molecule has 0 aliphatic rings. The third-order valence-corrected chi connectivity index (χ3v) is 3.12. The highest BCUT2D eigenvalue weighted by molar-refractivity contribution is 7.71. The van der Waals surface area contributed by atoms with E-state index in [4.69, 9.17) is 12.2 Å². The van der Waals surface area contributed by atoms with Crippen LogP contribution in [-0.4, -0.2) is 28.0 Å². The highest BCUT2D eigenvalue weighted by Gasteiger charge is 2.16. The van der Waals surface area contributed by atoms with E-state index < -0.39 is 10.9 Å². The average molecular weight is 305 g/mol. The number of carbonyl (C=O) groups excluding carboxylic acids is 1. The molecule has 21 heavy (non-hydrogen) atoms. The van der Waals surface area contributed by atoms with Crippen molar-refractivity contribution in [1.82, 2.24) is 9.97 Å². The van der Waals surface area contributed by atoms with Crippen LogP contribution in [0.5, 0.6) is 0 Å². The highest BCUT2D eigenvalue weighted by atomic mass is 32.1. The Hall–Kier alpha value is -2.61. The van der Waals surface area contributed by atoms with Gasteiger partial charge in [-0.15, -0.1) is 0 Å². The molecule has 0 saturated carbocycles. The lowest BCUT2D eigenvalue weighted by Gasteiger charge is -2.07. The zero-order chi connectivity index (χ0) is 15.6. The minimum atomic E-state index is -0.577. The Labute approximate surface area is 124 Å². The van der Waals surface area contributed by atoms with Gasteiger partial charge in [0.05, 0.1) is 12.0 Å². The van der Waals surface area contributed by atoms with Gasteiger partial charge in [-0.25, -0.2) is 9.78 Å². The van der Waals surface area contributed by atoms with Crippen molar-refractivity contribution < 1.29 is 14.5 Å². The number of hydrogen-bond acceptors (Lipinski definition) is 6. The number of aromatic amines is 1. The number of carbonyl (C=O) groups is 1. The third kappa shape index (κ3) is 2.95. The average Bonchev–Trinajstić information content (AvgIpc) is 2.46. The number of non-ortho nitro benzene ring substituents is 1. The molecule has 0 radical (unpaired) electrons. The fourth-order valence-electron chi connectivity index (χ4n) is 1.83. The number of nitrogens with one attached hydrogen (secondary N) is 1. The topological polar surface area (TPSA) is 98.1 Å². The van der Waals surface area contributed by atoms with Gasteiger partial charge in [-0.1, -0.05) is 24.4 Å². The van der Waals surface area contributed by atoms with Crippen molar-refractivity contribution in [2.75, 3.05) is 7.11 Å². The Bertz CT molecular complexity index is 785. The van der Waals surface area contributed by atoms with E-state index in [-0.39, 0.29) is 15.9 Å². The molecule has 1 heterocycles. The summed E-state index contributed by atoms with van der Waals surface area (Å²) in [6.45, 7) is 1.66. The standard InChI is InChI=1S/C13H11N3O4S/c1-7-10(13(17)20-2)12(21)15-11(14-7)8-4-3-5-9(6-8)16(18)19/h3-6H,1-2H3,(H,14,15,21). The van der Waals surface area contributed by atoms with Crippen LogP contribution in [0.3, 0.4) is 0 Å². The van der Waals surface area contributed by atoms with Gasteiger partial charge < -0.3 is 9.72 Å². The number of ether oxygens (including phenoxy) is 1. The van der Waals surface area contributed by atoms with E-state index in [1.807, 2.05) is 0 Å². The number of nitro benzene ring substituents is 1. The number of benzene rings is 1. The summed E-state index contributed by atoms with van der Waals surface area (Å²) >= 11 is 5.09. The van der Waals surface area contributed by atoms with Gasteiger partial charge in [0.15, 0.2) is 0 Å². The Kier molecular flexibility index (Phi) is 4.08. The van der Waals surface area contributed by atoms with Crippen LogP contribution in [0.15, 0.2) is 24.3 Å². The van der Waals surface area contributed by atoms with Crippen molar-refractivity contribution in [1.29, 1.82) is 0 Å². The van der Waals surface area contributed by atoms with Crippen LogP contribution in [0.1, 0.15) is 16.1 Å². The van der Waals surface area contributed by atoms with Gasteiger partial charge in [-0.2, -0.15) is 0 Å². The number of methoxy groups -OCH3 is 1. The number of H-pyrrole nitrogens is 1. The predicted molar refractivity (Wildman–Crippen MR) is 77.6 cm³/mol. The van der Waals surface area contributed by atoms with Crippen molar-refractivity contribution >= 4 is 23.9 Å². The zero-order valence-corrected chi connectivity index (χ0v) is 12.1. The molecule has 7 nitrogen and oxygen atoms in total. The first-order valence-electron chi connectivity index (χ1n) is 5.88. The summed E-state index contributed by atoms with van der Waals surface area (Å²) in [5.41, 5.74) is 1.13. The molecule has 8 heteroatoms. The van der Waals surface area contributed by atoms with E-state index in [0.29, 0.717) is 17.1 Å². The summed E-state index contributed by atoms with van der Waals surface area (Å²) in [6, 6.07) is 5.98. The van der Waals surface area contributed by atoms with Gasteiger partial charge in [-0.3, -0.25) is 10.1 Å². The fourth-order valence-corrected chi connectivity index (χ4v) is 2.16. The second-order valence-electron chi connectivity index (χ2n) is 4.19. The molecule has 0 bridgehead atoms. The van der Waals surface area contributed by atoms with E-state index in [1.54, 1.807) is 19.1 Å². The molecule has 0 atom stereocenters. The molecule has 0 saturated heterocycles. The van der Waals surface area contributed by atoms with E-state index in [2.05, 4.69) is 14.7 Å². The molecule has 0 spiro atoms. The molecule has 2 aromatic rings. The first-order valence-corrected chi connectivity index (χ1v) is 6.29. The monoisotopic (exact) mass is 305 g/mol. The van der Waals surface area contributed by atoms with Crippen LogP contribution in [0, 0.1) is 21.7 Å². The number of rotatable bonds is 3. The summed E-state index contributed by atoms with van der Waals surface area (Å²) in [7, 11) is 1.25. The van der Waals surface area contributed by atoms with Crippen LogP contribution in [0.2, 0.25) is 0 Å². The van der Waals surface area contributed by atoms with Crippen LogP contribution >= 0.6 is 12.2 Å². The Morgan fingerprint density at radius 3 is 2.76 bits per heavy atom. The number of esters is 1. The maximum absolute atomic E-state index is 11.6. The smallest absolute Gasteiger partial charge is 0.342 e. The quantitative estimate of drug-likeness (QED) is 0.405. The number of aryl methyl sites for hydroxylation is 1. The minimum Gasteiger partial charge on any atom is -0.465 e. The van der Waals surface area contributed by atoms with E-state index >= 15 is 0 Å². The SMILES string of the molecule is COC(=O)c1c(C)[nH]c(-c2cccc([N+](=O)[O-])c2)nc1=S. The number of hydrogen-bond donors (Lipinski definition) is 1. The van der Waals surface area contributed by atoms with E-state index in [1.165, 1.54) is 19.2 Å². The van der Waals surface area contributed by atoms with Crippen molar-refractivity contribution in [2.24, 2.45) is 0 Å². The predicted octanol–water partition coefficient (Wildman–Crippen LogP) is 2.81. The maximum atomic E-state index is 11.6. The molecule has 2 rings (SSSR count). The van der Waals surface area contributed by atoms with E-state index in [9.17, 15) is 14.9 Å². The third-order valence-electron chi connectivity index (χ3n) is 2.83. The van der Waals surface area contributed by atoms with Gasteiger partial charge in [0, 0.05) is 23.4 Å². The molecule has 0 fully saturated rings. The fraction of sp³-hybridized carbons (Fsp3) is 0.154. The summed E-state index contributed by atoms with van der Waals surface area (Å²) in [5, 5.41) is 10.8. The Balaban J connectivity index is 2.57. The molecule has 0 unspecified atom stereocenters. The first kappa shape index (κ1) is 14.8. The summed E-state index contributed by atoms with van der Waals surface area (Å²) < 4.78 is 4.72. The van der Waals surface area contributed by atoms with Crippen molar-refractivity contribution in [3.8, 4) is 11.4 Å². The van der Waals surface area contributed by atoms with Gasteiger partial charge in [0.25, 0.3) is 5.69 Å². The lowest BCUT2D eigenvalue weighted by atomic mass is 10.1. The van der Waals surface area contributed by atoms with E-state index in [0.717, 1.165) is 0 Å². The largest absolute Gasteiger partial charge is 0.465 e. The summed E-state index contributed by atoms with van der Waals surface area (Å²) in [6.07, 6.45) is 0. The molecular formula is C13H11N3O4S. The molecule has 1 aromatic carbocycles. The molecule has 1 aromatic heterocycles. The highest BCUT2D eigenvalue weighted by Crippen LogP contribution is 2.22. The molecular weight excluding hydrogens is 294 g/mol. The van der Waals surface area contributed by atoms with Gasteiger partial charge in [0.2, 0.25) is 0 Å². The number of nitro groups is 1. The van der Waals surface area contributed by atoms with Gasteiger partial charge in [-0.05, 0) is 6.92 Å². The normalized spacial score (nSPS) is 10.2. The Morgan fingerprint density at radius 1 is 1.48 bits per heavy atom. The summed E-state index contributed by atoms with van der Waals surface area (Å²) in [4.78, 5) is 28.9. The second kappa shape index (κ2) is 5.80. The molecule has 0 amide bonds. The first-order chi connectivity index (χ1) is 9.93. The van der Waals surface area contributed by atoms with Crippen LogP contribution in [0.25, 0.3) is 11.4 Å². The molecule has 108 valence electrons. The minimum absolute atomic E-state index is 0.0525. The Morgan fingerprint density at radius 2 is 2.19 bits per heavy atom. The van der Waals surface area contributed by atoms with Crippen molar-refractivity contribution in [3.63, 3.8) is 0 Å². The lowest BCUT2D eigenvalue weighted by molar-refractivity contribution is -0.384. The van der Waals surface area contributed by atoms with Crippen LogP contribution in [-0.2, 0) is 4.74 Å². The van der Waals surface area contributed by atoms with Crippen LogP contribution in [0.4, 0.5) is 5.69 Å².